The molecule has 0 bridgehead atoms. The Morgan fingerprint density at radius 1 is 1.05 bits per heavy atom. The highest BCUT2D eigenvalue weighted by Crippen LogP contribution is 2.28. The summed E-state index contributed by atoms with van der Waals surface area (Å²) in [7, 11) is 0. The summed E-state index contributed by atoms with van der Waals surface area (Å²) in [5.74, 6) is 0.118. The smallest absolute Gasteiger partial charge is 0.129 e. The molecule has 1 N–H and O–H groups in total. The summed E-state index contributed by atoms with van der Waals surface area (Å²) < 4.78 is 13.8. The van der Waals surface area contributed by atoms with Crippen LogP contribution in [0.15, 0.2) is 48.5 Å². The Labute approximate surface area is 120 Å². The second kappa shape index (κ2) is 5.76. The number of hydrogen-bond donors (Lipinski definition) is 1. The van der Waals surface area contributed by atoms with Crippen molar-refractivity contribution >= 4 is 0 Å². The summed E-state index contributed by atoms with van der Waals surface area (Å²) >= 11 is 0. The van der Waals surface area contributed by atoms with Crippen LogP contribution in [0, 0.1) is 5.82 Å². The fourth-order valence-corrected chi connectivity index (χ4v) is 2.41. The van der Waals surface area contributed by atoms with Crippen molar-refractivity contribution in [3.8, 4) is 0 Å². The van der Waals surface area contributed by atoms with Gasteiger partial charge in [-0.2, -0.15) is 0 Å². The summed E-state index contributed by atoms with van der Waals surface area (Å²) in [5.41, 5.74) is 1.40. The van der Waals surface area contributed by atoms with Gasteiger partial charge in [0.15, 0.2) is 0 Å². The zero-order chi connectivity index (χ0) is 14.8. The fourth-order valence-electron chi connectivity index (χ4n) is 2.41. The topological polar surface area (TPSA) is 20.2 Å². The van der Waals surface area contributed by atoms with Crippen molar-refractivity contribution < 1.29 is 9.50 Å². The van der Waals surface area contributed by atoms with E-state index in [1.54, 1.807) is 25.1 Å². The normalized spacial score (nSPS) is 14.3. The van der Waals surface area contributed by atoms with Crippen molar-refractivity contribution in [1.82, 2.24) is 0 Å². The maximum absolute atomic E-state index is 13.8. The van der Waals surface area contributed by atoms with Gasteiger partial charge in [-0.05, 0) is 30.0 Å². The minimum absolute atomic E-state index is 0.341. The van der Waals surface area contributed by atoms with Crippen molar-refractivity contribution in [3.05, 3.63) is 71.0 Å². The van der Waals surface area contributed by atoms with Crippen molar-refractivity contribution in [3.63, 3.8) is 0 Å². The van der Waals surface area contributed by atoms with Gasteiger partial charge in [-0.3, -0.25) is 0 Å². The van der Waals surface area contributed by atoms with Crippen LogP contribution in [0.25, 0.3) is 0 Å². The van der Waals surface area contributed by atoms with E-state index in [2.05, 4.69) is 26.0 Å². The Bertz CT molecular complexity index is 570. The van der Waals surface area contributed by atoms with Gasteiger partial charge in [0, 0.05) is 12.0 Å². The molecule has 2 aromatic rings. The molecule has 20 heavy (non-hydrogen) atoms. The molecule has 2 rings (SSSR count). The monoisotopic (exact) mass is 272 g/mol. The molecule has 0 amide bonds. The van der Waals surface area contributed by atoms with E-state index >= 15 is 0 Å². The van der Waals surface area contributed by atoms with Gasteiger partial charge in [0.25, 0.3) is 0 Å². The molecule has 0 radical (unpaired) electrons. The third kappa shape index (κ3) is 3.26. The molecule has 0 saturated carbocycles. The average molecular weight is 272 g/mol. The van der Waals surface area contributed by atoms with E-state index < -0.39 is 5.60 Å². The predicted octanol–water partition coefficient (Wildman–Crippen LogP) is 4.40. The maximum atomic E-state index is 13.8. The van der Waals surface area contributed by atoms with E-state index in [0.29, 0.717) is 17.9 Å². The first-order valence-corrected chi connectivity index (χ1v) is 6.96. The Hall–Kier alpha value is -1.67. The van der Waals surface area contributed by atoms with Crippen molar-refractivity contribution in [2.75, 3.05) is 0 Å². The molecule has 0 saturated heterocycles. The summed E-state index contributed by atoms with van der Waals surface area (Å²) in [4.78, 5) is 0. The van der Waals surface area contributed by atoms with Crippen molar-refractivity contribution in [2.45, 2.75) is 38.7 Å². The zero-order valence-electron chi connectivity index (χ0n) is 12.2. The van der Waals surface area contributed by atoms with E-state index in [1.807, 2.05) is 12.1 Å². The van der Waals surface area contributed by atoms with Crippen LogP contribution in [0.2, 0.25) is 0 Å². The molecule has 2 heteroatoms. The van der Waals surface area contributed by atoms with Crippen LogP contribution < -0.4 is 0 Å². The van der Waals surface area contributed by atoms with Crippen LogP contribution in [0.1, 0.15) is 43.4 Å². The first kappa shape index (κ1) is 14.7. The van der Waals surface area contributed by atoms with Gasteiger partial charge < -0.3 is 5.11 Å². The van der Waals surface area contributed by atoms with E-state index in [1.165, 1.54) is 11.6 Å². The Morgan fingerprint density at radius 2 is 1.65 bits per heavy atom. The molecule has 2 aromatic carbocycles. The number of benzene rings is 2. The van der Waals surface area contributed by atoms with Crippen LogP contribution in [-0.2, 0) is 12.0 Å². The molecule has 0 aliphatic heterocycles. The highest BCUT2D eigenvalue weighted by molar-refractivity contribution is 5.30. The van der Waals surface area contributed by atoms with Gasteiger partial charge in [-0.1, -0.05) is 56.3 Å². The third-order valence-corrected chi connectivity index (χ3v) is 3.65. The van der Waals surface area contributed by atoms with Crippen LogP contribution in [0.4, 0.5) is 4.39 Å². The Morgan fingerprint density at radius 3 is 2.20 bits per heavy atom. The zero-order valence-corrected chi connectivity index (χ0v) is 12.2. The quantitative estimate of drug-likeness (QED) is 0.874. The molecule has 0 spiro atoms. The van der Waals surface area contributed by atoms with Crippen molar-refractivity contribution in [2.24, 2.45) is 0 Å². The molecule has 106 valence electrons. The van der Waals surface area contributed by atoms with E-state index in [4.69, 9.17) is 0 Å². The third-order valence-electron chi connectivity index (χ3n) is 3.65. The maximum Gasteiger partial charge on any atom is 0.129 e. The Kier molecular flexibility index (Phi) is 4.24. The van der Waals surface area contributed by atoms with Gasteiger partial charge in [-0.15, -0.1) is 0 Å². The molecule has 0 aliphatic rings. The number of hydrogen-bond acceptors (Lipinski definition) is 1. The minimum Gasteiger partial charge on any atom is -0.385 e. The van der Waals surface area contributed by atoms with Gasteiger partial charge in [-0.25, -0.2) is 4.39 Å². The largest absolute Gasteiger partial charge is 0.385 e. The molecule has 1 atom stereocenters. The lowest BCUT2D eigenvalue weighted by Gasteiger charge is -2.24. The highest BCUT2D eigenvalue weighted by Gasteiger charge is 2.26. The molecule has 0 aromatic heterocycles. The van der Waals surface area contributed by atoms with Crippen LogP contribution >= 0.6 is 0 Å². The molecular formula is C18H21FO. The summed E-state index contributed by atoms with van der Waals surface area (Å²) in [6.07, 6.45) is 0.395. The summed E-state index contributed by atoms with van der Waals surface area (Å²) in [5, 5.41) is 10.6. The SMILES string of the molecule is CC(C)c1ccc(CC(C)(O)c2ccccc2F)cc1. The number of rotatable bonds is 4. The lowest BCUT2D eigenvalue weighted by atomic mass is 9.88. The van der Waals surface area contributed by atoms with E-state index in [9.17, 15) is 9.50 Å². The lowest BCUT2D eigenvalue weighted by Crippen LogP contribution is -2.25. The molecule has 1 unspecified atom stereocenters. The fraction of sp³-hybridized carbons (Fsp3) is 0.333. The van der Waals surface area contributed by atoms with E-state index in [0.717, 1.165) is 5.56 Å². The molecule has 0 fully saturated rings. The van der Waals surface area contributed by atoms with Gasteiger partial charge in [0.1, 0.15) is 5.82 Å². The van der Waals surface area contributed by atoms with Gasteiger partial charge >= 0.3 is 0 Å². The average Bonchev–Trinajstić information content (AvgIpc) is 2.39. The summed E-state index contributed by atoms with van der Waals surface area (Å²) in [6.45, 7) is 5.94. The Balaban J connectivity index is 2.22. The van der Waals surface area contributed by atoms with Gasteiger partial charge in [0.05, 0.1) is 5.60 Å². The molecule has 0 aliphatic carbocycles. The van der Waals surface area contributed by atoms with Crippen molar-refractivity contribution in [1.29, 1.82) is 0 Å². The van der Waals surface area contributed by atoms with Gasteiger partial charge in [0.2, 0.25) is 0 Å². The number of aliphatic hydroxyl groups is 1. The molecule has 1 nitrogen and oxygen atoms in total. The first-order chi connectivity index (χ1) is 9.40. The molecule has 0 heterocycles. The van der Waals surface area contributed by atoms with Crippen LogP contribution in [0.5, 0.6) is 0 Å². The second-order valence-corrected chi connectivity index (χ2v) is 5.83. The highest BCUT2D eigenvalue weighted by atomic mass is 19.1. The van der Waals surface area contributed by atoms with E-state index in [-0.39, 0.29) is 5.82 Å². The first-order valence-electron chi connectivity index (χ1n) is 6.96. The summed E-state index contributed by atoms with van der Waals surface area (Å²) in [6, 6.07) is 14.5. The van der Waals surface area contributed by atoms with Crippen LogP contribution in [-0.4, -0.2) is 5.11 Å². The predicted molar refractivity (Wildman–Crippen MR) is 80.2 cm³/mol. The molecular weight excluding hydrogens is 251 g/mol. The minimum atomic E-state index is -1.20. The van der Waals surface area contributed by atoms with Crippen LogP contribution in [0.3, 0.4) is 0 Å². The standard InChI is InChI=1S/C18H21FO/c1-13(2)15-10-8-14(9-11-15)12-18(3,20)16-6-4-5-7-17(16)19/h4-11,13,20H,12H2,1-3H3. The number of halogens is 1. The lowest BCUT2D eigenvalue weighted by molar-refractivity contribution is 0.0538. The second-order valence-electron chi connectivity index (χ2n) is 5.83.